The molecule has 0 aliphatic heterocycles. The minimum Gasteiger partial charge on any atom is -0.481 e. The Balaban J connectivity index is 5.22. The van der Waals surface area contributed by atoms with Crippen molar-refractivity contribution < 1.29 is 53.4 Å². The van der Waals surface area contributed by atoms with Gasteiger partial charge in [0.1, 0.15) is 24.2 Å². The van der Waals surface area contributed by atoms with E-state index in [9.17, 15) is 48.3 Å². The summed E-state index contributed by atoms with van der Waals surface area (Å²) < 4.78 is 0. The van der Waals surface area contributed by atoms with E-state index in [1.807, 2.05) is 0 Å². The highest BCUT2D eigenvalue weighted by molar-refractivity contribution is 5.96. The van der Waals surface area contributed by atoms with Gasteiger partial charge in [0.25, 0.3) is 0 Å². The number of aliphatic carboxylic acids is 2. The first-order valence-electron chi connectivity index (χ1n) is 14.5. The average Bonchev–Trinajstić information content (AvgIpc) is 2.97. The van der Waals surface area contributed by atoms with Gasteiger partial charge in [0.15, 0.2) is 0 Å². The number of nitrogens with two attached hydrogens (primary N) is 2. The first-order valence-corrected chi connectivity index (χ1v) is 14.5. The molecule has 0 aliphatic carbocycles. The van der Waals surface area contributed by atoms with Gasteiger partial charge in [-0.15, -0.1) is 0 Å². The zero-order chi connectivity index (χ0) is 35.7. The predicted octanol–water partition coefficient (Wildman–Crippen LogP) is -3.97. The van der Waals surface area contributed by atoms with Gasteiger partial charge >= 0.3 is 11.9 Å². The van der Waals surface area contributed by atoms with Crippen molar-refractivity contribution in [1.29, 1.82) is 0 Å². The van der Waals surface area contributed by atoms with Gasteiger partial charge in [-0.25, -0.2) is 4.79 Å². The fourth-order valence-electron chi connectivity index (χ4n) is 3.66. The van der Waals surface area contributed by atoms with Crippen molar-refractivity contribution in [3.8, 4) is 0 Å². The second-order valence-corrected chi connectivity index (χ2v) is 11.0. The van der Waals surface area contributed by atoms with Crippen LogP contribution in [0.1, 0.15) is 60.3 Å². The number of rotatable bonds is 21. The number of carbonyl (C=O) groups is 9. The number of nitrogens with one attached hydrogen (secondary N) is 6. The van der Waals surface area contributed by atoms with Gasteiger partial charge in [0.2, 0.25) is 41.4 Å². The van der Waals surface area contributed by atoms with Crippen LogP contribution in [0.15, 0.2) is 0 Å². The highest BCUT2D eigenvalue weighted by atomic mass is 16.4. The van der Waals surface area contributed by atoms with Crippen LogP contribution in [0.4, 0.5) is 0 Å². The van der Waals surface area contributed by atoms with E-state index in [1.165, 1.54) is 6.92 Å². The van der Waals surface area contributed by atoms with Crippen LogP contribution in [0.3, 0.4) is 0 Å². The van der Waals surface area contributed by atoms with E-state index in [0.29, 0.717) is 6.42 Å². The summed E-state index contributed by atoms with van der Waals surface area (Å²) in [7, 11) is 0. The Bertz CT molecular complexity index is 1150. The number of carboxylic acid groups (broad SMARTS) is 2. The van der Waals surface area contributed by atoms with Crippen molar-refractivity contribution in [3.05, 3.63) is 0 Å². The molecule has 0 aliphatic rings. The molecule has 19 heteroatoms. The molecule has 0 rings (SSSR count). The van der Waals surface area contributed by atoms with Crippen LogP contribution in [0, 0.1) is 11.8 Å². The molecule has 6 atom stereocenters. The van der Waals surface area contributed by atoms with Gasteiger partial charge in [0.05, 0.1) is 25.6 Å². The third-order valence-electron chi connectivity index (χ3n) is 6.75. The molecule has 0 spiro atoms. The van der Waals surface area contributed by atoms with Crippen molar-refractivity contribution in [3.63, 3.8) is 0 Å². The molecule has 46 heavy (non-hydrogen) atoms. The van der Waals surface area contributed by atoms with E-state index >= 15 is 0 Å². The number of primary amides is 1. The third kappa shape index (κ3) is 15.8. The Morgan fingerprint density at radius 2 is 1.20 bits per heavy atom. The van der Waals surface area contributed by atoms with Crippen molar-refractivity contribution in [1.82, 2.24) is 31.9 Å². The van der Waals surface area contributed by atoms with E-state index in [4.69, 9.17) is 16.6 Å². The van der Waals surface area contributed by atoms with Gasteiger partial charge in [0, 0.05) is 6.42 Å². The van der Waals surface area contributed by atoms with Crippen LogP contribution < -0.4 is 43.4 Å². The summed E-state index contributed by atoms with van der Waals surface area (Å²) in [6, 6.07) is -6.37. The lowest BCUT2D eigenvalue weighted by atomic mass is 9.99. The molecule has 0 bridgehead atoms. The van der Waals surface area contributed by atoms with Crippen LogP contribution in [0.2, 0.25) is 0 Å². The van der Waals surface area contributed by atoms with Crippen molar-refractivity contribution in [2.24, 2.45) is 23.3 Å². The fraction of sp³-hybridized carbons (Fsp3) is 0.667. The van der Waals surface area contributed by atoms with Gasteiger partial charge < -0.3 is 53.6 Å². The molecule has 0 saturated heterocycles. The van der Waals surface area contributed by atoms with Gasteiger partial charge in [-0.05, 0) is 25.2 Å². The second kappa shape index (κ2) is 20.3. The summed E-state index contributed by atoms with van der Waals surface area (Å²) in [6.45, 7) is 6.57. The molecule has 260 valence electrons. The minimum absolute atomic E-state index is 0.281. The monoisotopic (exact) mass is 658 g/mol. The number of carbonyl (C=O) groups excluding carboxylic acids is 7. The summed E-state index contributed by atoms with van der Waals surface area (Å²) in [5.74, 6) is -9.35. The van der Waals surface area contributed by atoms with E-state index in [2.05, 4.69) is 31.9 Å². The van der Waals surface area contributed by atoms with E-state index in [1.54, 1.807) is 27.7 Å². The number of hydrogen-bond donors (Lipinski definition) is 10. The van der Waals surface area contributed by atoms with E-state index < -0.39 is 115 Å². The Morgan fingerprint density at radius 1 is 0.696 bits per heavy atom. The second-order valence-electron chi connectivity index (χ2n) is 11.0. The largest absolute Gasteiger partial charge is 0.481 e. The van der Waals surface area contributed by atoms with Crippen LogP contribution in [0.25, 0.3) is 0 Å². The molecule has 0 fully saturated rings. The maximum atomic E-state index is 12.7. The van der Waals surface area contributed by atoms with Crippen LogP contribution in [-0.4, -0.2) is 107 Å². The lowest BCUT2D eigenvalue weighted by Crippen LogP contribution is -2.56. The molecule has 0 heterocycles. The molecule has 7 amide bonds. The predicted molar refractivity (Wildman–Crippen MR) is 160 cm³/mol. The summed E-state index contributed by atoms with van der Waals surface area (Å²) in [5, 5.41) is 31.9. The maximum absolute atomic E-state index is 12.7. The topological polar surface area (TPSA) is 318 Å². The third-order valence-corrected chi connectivity index (χ3v) is 6.75. The fourth-order valence-corrected chi connectivity index (χ4v) is 3.66. The molecule has 0 aromatic rings. The SMILES string of the molecule is CCC(C)C(NC(=O)CNC(=O)C(CCC(=O)O)NC(=O)C(C)NC(=O)CNC(=O)C(CC(N)=O)NC(=O)C(N)C(C)C)C(=O)O. The smallest absolute Gasteiger partial charge is 0.326 e. The Kier molecular flexibility index (Phi) is 18.1. The summed E-state index contributed by atoms with van der Waals surface area (Å²) in [6.07, 6.45) is -1.06. The first kappa shape index (κ1) is 41.2. The quantitative estimate of drug-likeness (QED) is 0.0565. The highest BCUT2D eigenvalue weighted by Gasteiger charge is 2.29. The zero-order valence-electron chi connectivity index (χ0n) is 26.5. The molecule has 0 radical (unpaired) electrons. The number of amides is 7. The molecule has 0 saturated carbocycles. The Labute approximate surface area is 265 Å². The van der Waals surface area contributed by atoms with Crippen LogP contribution >= 0.6 is 0 Å². The normalized spacial score (nSPS) is 14.7. The highest BCUT2D eigenvalue weighted by Crippen LogP contribution is 2.08. The van der Waals surface area contributed by atoms with Crippen molar-refractivity contribution in [2.45, 2.75) is 90.5 Å². The van der Waals surface area contributed by atoms with Crippen LogP contribution in [-0.2, 0) is 43.2 Å². The Morgan fingerprint density at radius 3 is 1.65 bits per heavy atom. The molecular weight excluding hydrogens is 612 g/mol. The summed E-state index contributed by atoms with van der Waals surface area (Å²) >= 11 is 0. The molecule has 0 aromatic heterocycles. The zero-order valence-corrected chi connectivity index (χ0v) is 26.5. The summed E-state index contributed by atoms with van der Waals surface area (Å²) in [4.78, 5) is 109. The van der Waals surface area contributed by atoms with Crippen molar-refractivity contribution >= 4 is 53.3 Å². The standard InChI is InChI=1S/C27H46N8O11/c1-6-13(4)22(27(45)46)35-19(38)11-30-24(42)15(7-8-20(39)40)33-23(41)14(5)32-18(37)10-31-25(43)16(9-17(28)36)34-26(44)21(29)12(2)3/h12-16,21-22H,6-11,29H2,1-5H3,(H2,28,36)(H,30,42)(H,31,43)(H,32,37)(H,33,41)(H,34,44)(H,35,38)(H,39,40)(H,45,46). The molecule has 6 unspecified atom stereocenters. The molecule has 0 aromatic carbocycles. The first-order chi connectivity index (χ1) is 21.3. The van der Waals surface area contributed by atoms with Crippen molar-refractivity contribution in [2.75, 3.05) is 13.1 Å². The minimum atomic E-state index is -1.45. The molecular formula is C27H46N8O11. The molecule has 12 N–H and O–H groups in total. The van der Waals surface area contributed by atoms with E-state index in [0.717, 1.165) is 0 Å². The van der Waals surface area contributed by atoms with Gasteiger partial charge in [-0.1, -0.05) is 34.1 Å². The Hall–Kier alpha value is -4.81. The number of carboxylic acids is 2. The number of hydrogen-bond acceptors (Lipinski definition) is 10. The van der Waals surface area contributed by atoms with Gasteiger partial charge in [-0.2, -0.15) is 0 Å². The van der Waals surface area contributed by atoms with E-state index in [-0.39, 0.29) is 12.3 Å². The maximum Gasteiger partial charge on any atom is 0.326 e. The lowest BCUT2D eigenvalue weighted by Gasteiger charge is -2.22. The summed E-state index contributed by atoms with van der Waals surface area (Å²) in [5.41, 5.74) is 10.9. The average molecular weight is 659 g/mol. The van der Waals surface area contributed by atoms with Gasteiger partial charge in [-0.3, -0.25) is 38.4 Å². The lowest BCUT2D eigenvalue weighted by molar-refractivity contribution is -0.143. The molecule has 19 nitrogen and oxygen atoms in total. The van der Waals surface area contributed by atoms with Crippen LogP contribution in [0.5, 0.6) is 0 Å².